The number of ether oxygens (including phenoxy) is 5. The van der Waals surface area contributed by atoms with Crippen molar-refractivity contribution in [3.05, 3.63) is 89.6 Å². The molecule has 0 aromatic heterocycles. The number of nitrogens with zero attached hydrogens (tertiary/aromatic N) is 1. The molecular weight excluding hydrogens is 442 g/mol. The molecule has 0 saturated heterocycles. The van der Waals surface area contributed by atoms with Crippen LogP contribution in [0, 0.1) is 0 Å². The lowest BCUT2D eigenvalue weighted by atomic mass is 9.97. The Morgan fingerprint density at radius 1 is 0.771 bits per heavy atom. The summed E-state index contributed by atoms with van der Waals surface area (Å²) in [5.74, 6) is 3.73. The minimum Gasteiger partial charge on any atom is -0.497 e. The normalized spacial score (nSPS) is 15.3. The molecule has 0 bridgehead atoms. The van der Waals surface area contributed by atoms with Crippen molar-refractivity contribution >= 4 is 17.0 Å². The van der Waals surface area contributed by atoms with Gasteiger partial charge in [-0.3, -0.25) is 0 Å². The van der Waals surface area contributed by atoms with Gasteiger partial charge in [-0.15, -0.1) is 0 Å². The van der Waals surface area contributed by atoms with E-state index in [0.29, 0.717) is 28.8 Å². The third kappa shape index (κ3) is 5.01. The predicted octanol–water partition coefficient (Wildman–Crippen LogP) is 5.30. The Kier molecular flexibility index (Phi) is 7.11. The second-order valence-corrected chi connectivity index (χ2v) is 8.16. The van der Waals surface area contributed by atoms with Crippen molar-refractivity contribution < 1.29 is 28.3 Å². The number of fused-ring (bicyclic) bond motifs is 1. The van der Waals surface area contributed by atoms with Crippen LogP contribution >= 0.6 is 0 Å². The fourth-order valence-corrected chi connectivity index (χ4v) is 3.89. The summed E-state index contributed by atoms with van der Waals surface area (Å²) in [5, 5.41) is 0. The van der Waals surface area contributed by atoms with E-state index < -0.39 is 0 Å². The summed E-state index contributed by atoms with van der Waals surface area (Å²) >= 11 is 0. The van der Waals surface area contributed by atoms with Crippen molar-refractivity contribution in [2.75, 3.05) is 42.5 Å². The van der Waals surface area contributed by atoms with Gasteiger partial charge in [-0.05, 0) is 53.6 Å². The van der Waals surface area contributed by atoms with Gasteiger partial charge in [0.25, 0.3) is 0 Å². The minimum atomic E-state index is 0.530. The highest BCUT2D eigenvalue weighted by Crippen LogP contribution is 2.44. The highest BCUT2D eigenvalue weighted by atomic mass is 16.5. The van der Waals surface area contributed by atoms with Gasteiger partial charge in [-0.1, -0.05) is 12.2 Å². The quantitative estimate of drug-likeness (QED) is 0.534. The van der Waals surface area contributed by atoms with E-state index in [1.165, 1.54) is 0 Å². The first-order valence-electron chi connectivity index (χ1n) is 11.2. The third-order valence-electron chi connectivity index (χ3n) is 5.82. The van der Waals surface area contributed by atoms with Gasteiger partial charge < -0.3 is 23.7 Å². The average Bonchev–Trinajstić information content (AvgIpc) is 2.90. The smallest absolute Gasteiger partial charge is 0.203 e. The van der Waals surface area contributed by atoms with Gasteiger partial charge >= 0.3 is 0 Å². The Morgan fingerprint density at radius 3 is 2.03 bits per heavy atom. The fourth-order valence-electron chi connectivity index (χ4n) is 3.89. The minimum absolute atomic E-state index is 0.530. The Bertz CT molecular complexity index is 1280. The Labute approximate surface area is 206 Å². The van der Waals surface area contributed by atoms with Crippen LogP contribution in [0.15, 0.2) is 78.4 Å². The maximum Gasteiger partial charge on any atom is 0.203 e. The van der Waals surface area contributed by atoms with Crippen LogP contribution in [0.1, 0.15) is 11.1 Å². The molecule has 0 atom stereocenters. The highest BCUT2D eigenvalue weighted by Gasteiger charge is 2.22. The summed E-state index contributed by atoms with van der Waals surface area (Å²) < 4.78 is 30.4. The van der Waals surface area contributed by atoms with Gasteiger partial charge in [0.05, 0.1) is 28.4 Å². The van der Waals surface area contributed by atoms with Crippen LogP contribution in [0.3, 0.4) is 0 Å². The van der Waals surface area contributed by atoms with Crippen LogP contribution in [-0.4, -0.2) is 52.8 Å². The Hall–Kier alpha value is -4.19. The number of methoxy groups -OCH3 is 4. The molecule has 180 valence electrons. The van der Waals surface area contributed by atoms with Crippen LogP contribution in [0.5, 0.6) is 28.7 Å². The topological polar surface area (TPSA) is 49.2 Å². The zero-order valence-corrected chi connectivity index (χ0v) is 20.9. The van der Waals surface area contributed by atoms with E-state index in [2.05, 4.69) is 41.0 Å². The highest BCUT2D eigenvalue weighted by molar-refractivity contribution is 6.02. The zero-order valence-electron chi connectivity index (χ0n) is 20.9. The second kappa shape index (κ2) is 10.4. The molecule has 4 rings (SSSR count). The summed E-state index contributed by atoms with van der Waals surface area (Å²) in [6.07, 6.45) is 14.6. The van der Waals surface area contributed by atoms with Crippen molar-refractivity contribution in [1.29, 1.82) is 0 Å². The monoisotopic (exact) mass is 472 g/mol. The molecule has 0 spiro atoms. The largest absolute Gasteiger partial charge is 0.497 e. The van der Waals surface area contributed by atoms with Crippen LogP contribution < -0.4 is 23.7 Å². The standard InChI is InChI=1S/C29H30NO5/c1-30(2)22-11-8-19(9-12-22)7-10-20-15-25(35-26-18-23(31-3)13-14-24(20)26)21-16-27(32-4)29(34-6)28(17-21)33-5/h7-18H,1-6H3/q+1/b20-10+. The summed E-state index contributed by atoms with van der Waals surface area (Å²) in [7, 11) is 10.5. The molecule has 2 aromatic rings. The molecule has 1 heterocycles. The van der Waals surface area contributed by atoms with Gasteiger partial charge in [0.2, 0.25) is 5.75 Å². The molecule has 1 aliphatic carbocycles. The van der Waals surface area contributed by atoms with Gasteiger partial charge in [-0.25, -0.2) is 4.58 Å². The van der Waals surface area contributed by atoms with E-state index in [4.69, 9.17) is 23.7 Å². The van der Waals surface area contributed by atoms with Crippen molar-refractivity contribution in [1.82, 2.24) is 0 Å². The molecule has 0 N–H and O–H groups in total. The first kappa shape index (κ1) is 24.0. The molecule has 0 fully saturated rings. The molecule has 6 nitrogen and oxygen atoms in total. The lowest BCUT2D eigenvalue weighted by molar-refractivity contribution is -0.462. The molecule has 1 aliphatic heterocycles. The molecule has 0 radical (unpaired) electrons. The molecule has 6 heteroatoms. The van der Waals surface area contributed by atoms with E-state index in [1.54, 1.807) is 28.4 Å². The van der Waals surface area contributed by atoms with Gasteiger partial charge in [0.1, 0.15) is 31.4 Å². The summed E-state index contributed by atoms with van der Waals surface area (Å²) in [6.45, 7) is 0. The summed E-state index contributed by atoms with van der Waals surface area (Å²) in [4.78, 5) is 0. The Morgan fingerprint density at radius 2 is 1.46 bits per heavy atom. The van der Waals surface area contributed by atoms with E-state index in [9.17, 15) is 0 Å². The fraction of sp³-hybridized carbons (Fsp3) is 0.207. The van der Waals surface area contributed by atoms with Crippen molar-refractivity contribution in [2.45, 2.75) is 0 Å². The van der Waals surface area contributed by atoms with Gasteiger partial charge in [0, 0.05) is 29.3 Å². The predicted molar refractivity (Wildman–Crippen MR) is 139 cm³/mol. The summed E-state index contributed by atoms with van der Waals surface area (Å²) in [6, 6.07) is 9.57. The number of hydrogen-bond donors (Lipinski definition) is 0. The van der Waals surface area contributed by atoms with E-state index in [1.807, 2.05) is 50.5 Å². The van der Waals surface area contributed by atoms with E-state index in [-0.39, 0.29) is 0 Å². The molecule has 0 saturated carbocycles. The molecule has 0 unspecified atom stereocenters. The molecule has 2 aliphatic rings. The Balaban J connectivity index is 1.81. The lowest BCUT2D eigenvalue weighted by Crippen LogP contribution is -2.09. The van der Waals surface area contributed by atoms with Crippen molar-refractivity contribution in [3.8, 4) is 28.7 Å². The van der Waals surface area contributed by atoms with Crippen molar-refractivity contribution in [3.63, 3.8) is 0 Å². The maximum absolute atomic E-state index is 6.33. The number of benzene rings is 2. The first-order chi connectivity index (χ1) is 17.0. The SMILES string of the molecule is COc1ccc2c(c1)OC(c1cc(OC)c(OC)c(OC)c1)=C/C2=C\C=C1C=CC(=[N+](C)C)C=C1. The first-order valence-corrected chi connectivity index (χ1v) is 11.2. The number of rotatable bonds is 6. The van der Waals surface area contributed by atoms with Crippen LogP contribution in [-0.2, 0) is 0 Å². The van der Waals surface area contributed by atoms with E-state index in [0.717, 1.165) is 33.7 Å². The van der Waals surface area contributed by atoms with Gasteiger partial charge in [-0.2, -0.15) is 0 Å². The van der Waals surface area contributed by atoms with Crippen molar-refractivity contribution in [2.24, 2.45) is 0 Å². The third-order valence-corrected chi connectivity index (χ3v) is 5.82. The van der Waals surface area contributed by atoms with Crippen LogP contribution in [0.25, 0.3) is 11.3 Å². The lowest BCUT2D eigenvalue weighted by Gasteiger charge is -2.22. The zero-order chi connectivity index (χ0) is 24.9. The molecular formula is C29H30NO5+. The number of allylic oxidation sites excluding steroid dienone is 9. The molecule has 2 aromatic carbocycles. The van der Waals surface area contributed by atoms with Crippen LogP contribution in [0.2, 0.25) is 0 Å². The second-order valence-electron chi connectivity index (χ2n) is 8.16. The maximum atomic E-state index is 6.33. The average molecular weight is 473 g/mol. The molecule has 35 heavy (non-hydrogen) atoms. The summed E-state index contributed by atoms with van der Waals surface area (Å²) in [5.41, 5.74) is 5.04. The van der Waals surface area contributed by atoms with Gasteiger partial charge in [0.15, 0.2) is 17.2 Å². The van der Waals surface area contributed by atoms with Crippen LogP contribution in [0.4, 0.5) is 0 Å². The van der Waals surface area contributed by atoms with E-state index >= 15 is 0 Å². The molecule has 0 amide bonds. The number of hydrogen-bond acceptors (Lipinski definition) is 5.